The zero-order chi connectivity index (χ0) is 12.7. The average molecular weight is 308 g/mol. The summed E-state index contributed by atoms with van der Waals surface area (Å²) in [5, 5.41) is 3.10. The van der Waals surface area contributed by atoms with E-state index in [1.54, 1.807) is 6.26 Å². The number of aryl methyl sites for hydroxylation is 1. The van der Waals surface area contributed by atoms with E-state index in [1.165, 1.54) is 12.8 Å². The van der Waals surface area contributed by atoms with Crippen LogP contribution in [0.1, 0.15) is 30.0 Å². The molecule has 0 saturated heterocycles. The van der Waals surface area contributed by atoms with E-state index in [0.29, 0.717) is 11.7 Å². The Balaban J connectivity index is 2.15. The van der Waals surface area contributed by atoms with Gasteiger partial charge in [-0.05, 0) is 47.3 Å². The molecule has 0 spiro atoms. The molecule has 1 aliphatic carbocycles. The Morgan fingerprint density at radius 1 is 1.39 bits per heavy atom. The lowest BCUT2D eigenvalue weighted by atomic mass is 10.2. The summed E-state index contributed by atoms with van der Waals surface area (Å²) in [6, 6.07) is 1.93. The van der Waals surface area contributed by atoms with Crippen LogP contribution in [0.2, 0.25) is 0 Å². The average Bonchev–Trinajstić information content (AvgIpc) is 3.12. The molecule has 0 aromatic carbocycles. The number of hydrogen-bond donors (Lipinski definition) is 1. The minimum atomic E-state index is 0.559. The highest BCUT2D eigenvalue weighted by molar-refractivity contribution is 9.10. The van der Waals surface area contributed by atoms with Crippen molar-refractivity contribution >= 4 is 21.7 Å². The van der Waals surface area contributed by atoms with Crippen LogP contribution in [0, 0.1) is 6.92 Å². The number of hydrogen-bond acceptors (Lipinski definition) is 4. The van der Waals surface area contributed by atoms with Crippen molar-refractivity contribution in [3.8, 4) is 11.6 Å². The van der Waals surface area contributed by atoms with Crippen LogP contribution >= 0.6 is 15.9 Å². The van der Waals surface area contributed by atoms with Gasteiger partial charge in [-0.15, -0.1) is 0 Å². The standard InChI is InChI=1S/C13H14BrN3O/c1-7-5-6-18-11(7)13-16-10(8-3-4-8)9(14)12(15-2)17-13/h5-6,8H,3-4H2,1-2H3,(H,15,16,17). The maximum absolute atomic E-state index is 5.48. The van der Waals surface area contributed by atoms with Gasteiger partial charge in [-0.1, -0.05) is 0 Å². The number of nitrogens with one attached hydrogen (secondary N) is 1. The maximum atomic E-state index is 5.48. The van der Waals surface area contributed by atoms with Gasteiger partial charge in [-0.25, -0.2) is 9.97 Å². The number of furan rings is 1. The van der Waals surface area contributed by atoms with Gasteiger partial charge in [-0.2, -0.15) is 0 Å². The number of halogens is 1. The lowest BCUT2D eigenvalue weighted by molar-refractivity contribution is 0.575. The predicted molar refractivity (Wildman–Crippen MR) is 73.7 cm³/mol. The predicted octanol–water partition coefficient (Wildman–Crippen LogP) is 3.73. The van der Waals surface area contributed by atoms with Gasteiger partial charge < -0.3 is 9.73 Å². The second kappa shape index (κ2) is 4.39. The topological polar surface area (TPSA) is 51.0 Å². The van der Waals surface area contributed by atoms with Crippen molar-refractivity contribution in [2.45, 2.75) is 25.7 Å². The Kier molecular flexibility index (Phi) is 2.86. The molecule has 5 heteroatoms. The van der Waals surface area contributed by atoms with E-state index in [4.69, 9.17) is 4.42 Å². The lowest BCUT2D eigenvalue weighted by Crippen LogP contribution is -2.02. The van der Waals surface area contributed by atoms with Crippen LogP contribution in [0.25, 0.3) is 11.6 Å². The molecule has 0 bridgehead atoms. The van der Waals surface area contributed by atoms with Gasteiger partial charge in [0.25, 0.3) is 0 Å². The van der Waals surface area contributed by atoms with Crippen LogP contribution in [0.5, 0.6) is 0 Å². The molecule has 0 amide bonds. The van der Waals surface area contributed by atoms with Gasteiger partial charge >= 0.3 is 0 Å². The number of aromatic nitrogens is 2. The summed E-state index contributed by atoms with van der Waals surface area (Å²) in [6.07, 6.45) is 4.08. The first kappa shape index (κ1) is 11.7. The van der Waals surface area contributed by atoms with Crippen LogP contribution < -0.4 is 5.32 Å². The SMILES string of the molecule is CNc1nc(-c2occc2C)nc(C2CC2)c1Br. The number of nitrogens with zero attached hydrogens (tertiary/aromatic N) is 2. The Hall–Kier alpha value is -1.36. The van der Waals surface area contributed by atoms with E-state index < -0.39 is 0 Å². The van der Waals surface area contributed by atoms with Crippen molar-refractivity contribution in [2.24, 2.45) is 0 Å². The molecule has 0 radical (unpaired) electrons. The van der Waals surface area contributed by atoms with E-state index in [0.717, 1.165) is 27.3 Å². The Labute approximate surface area is 114 Å². The summed E-state index contributed by atoms with van der Waals surface area (Å²) in [7, 11) is 1.86. The summed E-state index contributed by atoms with van der Waals surface area (Å²) < 4.78 is 6.45. The fourth-order valence-corrected chi connectivity index (χ4v) is 2.66. The van der Waals surface area contributed by atoms with E-state index in [-0.39, 0.29) is 0 Å². The molecule has 1 N–H and O–H groups in total. The molecule has 0 aliphatic heterocycles. The molecule has 0 atom stereocenters. The monoisotopic (exact) mass is 307 g/mol. The van der Waals surface area contributed by atoms with Crippen LogP contribution in [0.15, 0.2) is 21.2 Å². The minimum Gasteiger partial charge on any atom is -0.461 e. The van der Waals surface area contributed by atoms with Crippen molar-refractivity contribution in [1.29, 1.82) is 0 Å². The smallest absolute Gasteiger partial charge is 0.198 e. The molecule has 18 heavy (non-hydrogen) atoms. The third kappa shape index (κ3) is 1.92. The van der Waals surface area contributed by atoms with Gasteiger partial charge in [0.15, 0.2) is 11.6 Å². The summed E-state index contributed by atoms with van der Waals surface area (Å²) in [5.41, 5.74) is 2.14. The highest BCUT2D eigenvalue weighted by atomic mass is 79.9. The van der Waals surface area contributed by atoms with Gasteiger partial charge in [0, 0.05) is 13.0 Å². The zero-order valence-electron chi connectivity index (χ0n) is 10.3. The fraction of sp³-hybridized carbons (Fsp3) is 0.385. The summed E-state index contributed by atoms with van der Waals surface area (Å²) in [6.45, 7) is 2.00. The summed E-state index contributed by atoms with van der Waals surface area (Å²) in [5.74, 6) is 2.79. The molecule has 94 valence electrons. The van der Waals surface area contributed by atoms with Crippen molar-refractivity contribution < 1.29 is 4.42 Å². The zero-order valence-corrected chi connectivity index (χ0v) is 11.9. The van der Waals surface area contributed by atoms with Gasteiger partial charge in [0.2, 0.25) is 0 Å². The highest BCUT2D eigenvalue weighted by Gasteiger charge is 2.30. The van der Waals surface area contributed by atoms with Crippen LogP contribution in [0.3, 0.4) is 0 Å². The molecular formula is C13H14BrN3O. The largest absolute Gasteiger partial charge is 0.461 e. The second-order valence-electron chi connectivity index (χ2n) is 4.55. The van der Waals surface area contributed by atoms with Gasteiger partial charge in [0.05, 0.1) is 16.4 Å². The number of anilines is 1. The third-order valence-corrected chi connectivity index (χ3v) is 3.92. The minimum absolute atomic E-state index is 0.559. The fourth-order valence-electron chi connectivity index (χ4n) is 1.96. The van der Waals surface area contributed by atoms with Crippen LogP contribution in [-0.4, -0.2) is 17.0 Å². The summed E-state index contributed by atoms with van der Waals surface area (Å²) in [4.78, 5) is 9.16. The molecule has 3 rings (SSSR count). The maximum Gasteiger partial charge on any atom is 0.198 e. The van der Waals surface area contributed by atoms with E-state index in [2.05, 4.69) is 31.2 Å². The normalized spacial score (nSPS) is 14.8. The molecule has 0 unspecified atom stereocenters. The molecular weight excluding hydrogens is 294 g/mol. The lowest BCUT2D eigenvalue weighted by Gasteiger charge is -2.09. The van der Waals surface area contributed by atoms with Crippen LogP contribution in [-0.2, 0) is 0 Å². The molecule has 1 fully saturated rings. The quantitative estimate of drug-likeness (QED) is 0.939. The van der Waals surface area contributed by atoms with Crippen molar-refractivity contribution in [2.75, 3.05) is 12.4 Å². The van der Waals surface area contributed by atoms with Gasteiger partial charge in [-0.3, -0.25) is 0 Å². The van der Waals surface area contributed by atoms with E-state index >= 15 is 0 Å². The molecule has 1 aliphatic rings. The van der Waals surface area contributed by atoms with Gasteiger partial charge in [0.1, 0.15) is 5.82 Å². The second-order valence-corrected chi connectivity index (χ2v) is 5.35. The molecule has 1 saturated carbocycles. The molecule has 2 aromatic rings. The first-order valence-electron chi connectivity index (χ1n) is 6.00. The first-order chi connectivity index (χ1) is 8.70. The van der Waals surface area contributed by atoms with Crippen molar-refractivity contribution in [3.05, 3.63) is 28.1 Å². The Morgan fingerprint density at radius 3 is 2.72 bits per heavy atom. The third-order valence-electron chi connectivity index (χ3n) is 3.14. The van der Waals surface area contributed by atoms with E-state index in [1.807, 2.05) is 20.0 Å². The first-order valence-corrected chi connectivity index (χ1v) is 6.79. The Bertz CT molecular complexity index is 590. The molecule has 2 aromatic heterocycles. The van der Waals surface area contributed by atoms with E-state index in [9.17, 15) is 0 Å². The van der Waals surface area contributed by atoms with Crippen molar-refractivity contribution in [3.63, 3.8) is 0 Å². The highest BCUT2D eigenvalue weighted by Crippen LogP contribution is 2.44. The molecule has 2 heterocycles. The summed E-state index contributed by atoms with van der Waals surface area (Å²) >= 11 is 3.58. The molecule has 4 nitrogen and oxygen atoms in total. The number of rotatable bonds is 3. The van der Waals surface area contributed by atoms with Crippen molar-refractivity contribution in [1.82, 2.24) is 9.97 Å². The Morgan fingerprint density at radius 2 is 2.17 bits per heavy atom. The van der Waals surface area contributed by atoms with Crippen LogP contribution in [0.4, 0.5) is 5.82 Å².